The predicted octanol–water partition coefficient (Wildman–Crippen LogP) is 3.58. The van der Waals surface area contributed by atoms with Crippen molar-refractivity contribution in [1.29, 1.82) is 0 Å². The van der Waals surface area contributed by atoms with Crippen LogP contribution in [-0.2, 0) is 24.5 Å². The van der Waals surface area contributed by atoms with Crippen molar-refractivity contribution in [3.63, 3.8) is 0 Å². The van der Waals surface area contributed by atoms with E-state index in [1.807, 2.05) is 60.4 Å². The summed E-state index contributed by atoms with van der Waals surface area (Å²) in [5, 5.41) is 14.2. The van der Waals surface area contributed by atoms with Gasteiger partial charge in [-0.1, -0.05) is 30.3 Å². The highest BCUT2D eigenvalue weighted by Gasteiger charge is 2.12. The summed E-state index contributed by atoms with van der Waals surface area (Å²) in [7, 11) is 1.68. The Morgan fingerprint density at radius 1 is 1.12 bits per heavy atom. The lowest BCUT2D eigenvalue weighted by Crippen LogP contribution is -2.03. The number of aromatic nitrogens is 2. The molecule has 1 aromatic heterocycles. The molecule has 0 saturated heterocycles. The number of methoxy groups -OCH3 is 1. The summed E-state index contributed by atoms with van der Waals surface area (Å²) in [6.45, 7) is 3.73. The zero-order valence-electron chi connectivity index (χ0n) is 15.2. The highest BCUT2D eigenvalue weighted by molar-refractivity contribution is 5.66. The lowest BCUT2D eigenvalue weighted by molar-refractivity contribution is 0.183. The third-order valence-electron chi connectivity index (χ3n) is 4.24. The summed E-state index contributed by atoms with van der Waals surface area (Å²) in [6.07, 6.45) is 3.82. The van der Waals surface area contributed by atoms with Gasteiger partial charge in [0, 0.05) is 24.4 Å². The maximum absolute atomic E-state index is 9.82. The van der Waals surface area contributed by atoms with E-state index in [0.717, 1.165) is 33.6 Å². The van der Waals surface area contributed by atoms with Crippen LogP contribution in [0.3, 0.4) is 0 Å². The normalized spacial score (nSPS) is 10.9. The molecule has 0 aliphatic rings. The highest BCUT2D eigenvalue weighted by Crippen LogP contribution is 2.31. The van der Waals surface area contributed by atoms with Crippen molar-refractivity contribution in [2.75, 3.05) is 13.7 Å². The van der Waals surface area contributed by atoms with Gasteiger partial charge < -0.3 is 14.6 Å². The zero-order chi connectivity index (χ0) is 18.4. The Bertz CT molecular complexity index is 844. The molecule has 5 heteroatoms. The van der Waals surface area contributed by atoms with E-state index in [2.05, 4.69) is 11.2 Å². The van der Waals surface area contributed by atoms with E-state index < -0.39 is 0 Å². The third kappa shape index (κ3) is 4.31. The highest BCUT2D eigenvalue weighted by atomic mass is 16.5. The molecular weight excluding hydrogens is 328 g/mol. The van der Waals surface area contributed by atoms with Crippen LogP contribution in [0.25, 0.3) is 11.1 Å². The Morgan fingerprint density at radius 3 is 2.65 bits per heavy atom. The quantitative estimate of drug-likeness (QED) is 0.673. The van der Waals surface area contributed by atoms with Gasteiger partial charge in [-0.15, -0.1) is 0 Å². The van der Waals surface area contributed by atoms with Crippen LogP contribution in [0.15, 0.2) is 54.9 Å². The Hall–Kier alpha value is -2.63. The Balaban J connectivity index is 1.81. The smallest absolute Gasteiger partial charge is 0.128 e. The van der Waals surface area contributed by atoms with Crippen molar-refractivity contribution in [1.82, 2.24) is 9.78 Å². The standard InChI is InChI=1S/C21H24N2O3/c1-16-10-18(20-12-22-23(13-20)8-9-25-2)11-19(14-24)21(16)26-15-17-6-4-3-5-7-17/h3-7,10-13,24H,8-9,14-15H2,1-2H3. The minimum absolute atomic E-state index is 0.0728. The fourth-order valence-electron chi connectivity index (χ4n) is 2.89. The largest absolute Gasteiger partial charge is 0.488 e. The molecular formula is C21H24N2O3. The van der Waals surface area contributed by atoms with Gasteiger partial charge in [-0.25, -0.2) is 0 Å². The van der Waals surface area contributed by atoms with Crippen LogP contribution in [0.4, 0.5) is 0 Å². The Morgan fingerprint density at radius 2 is 1.92 bits per heavy atom. The predicted molar refractivity (Wildman–Crippen MR) is 101 cm³/mol. The summed E-state index contributed by atoms with van der Waals surface area (Å²) in [5.74, 6) is 0.742. The number of nitrogens with zero attached hydrogens (tertiary/aromatic N) is 2. The first kappa shape index (κ1) is 18.2. The van der Waals surface area contributed by atoms with Gasteiger partial charge >= 0.3 is 0 Å². The van der Waals surface area contributed by atoms with Gasteiger partial charge in [0.25, 0.3) is 0 Å². The molecule has 1 N–H and O–H groups in total. The molecule has 0 fully saturated rings. The number of rotatable bonds is 8. The average Bonchev–Trinajstić information content (AvgIpc) is 3.14. The van der Waals surface area contributed by atoms with Crippen LogP contribution < -0.4 is 4.74 Å². The SMILES string of the molecule is COCCn1cc(-c2cc(C)c(OCc3ccccc3)c(CO)c2)cn1. The first-order valence-electron chi connectivity index (χ1n) is 8.64. The second-order valence-corrected chi connectivity index (χ2v) is 6.20. The second kappa shape index (κ2) is 8.65. The van der Waals surface area contributed by atoms with E-state index in [-0.39, 0.29) is 6.61 Å². The fraction of sp³-hybridized carbons (Fsp3) is 0.286. The lowest BCUT2D eigenvalue weighted by Gasteiger charge is -2.15. The van der Waals surface area contributed by atoms with Crippen LogP contribution in [0, 0.1) is 6.92 Å². The molecule has 0 aliphatic carbocycles. The zero-order valence-corrected chi connectivity index (χ0v) is 15.2. The number of hydrogen-bond acceptors (Lipinski definition) is 4. The minimum atomic E-state index is -0.0728. The summed E-state index contributed by atoms with van der Waals surface area (Å²) < 4.78 is 12.9. The molecule has 0 amide bonds. The Labute approximate surface area is 153 Å². The van der Waals surface area contributed by atoms with Crippen LogP contribution in [0.5, 0.6) is 5.75 Å². The van der Waals surface area contributed by atoms with Crippen molar-refractivity contribution in [2.24, 2.45) is 0 Å². The monoisotopic (exact) mass is 352 g/mol. The molecule has 0 aliphatic heterocycles. The number of aliphatic hydroxyl groups excluding tert-OH is 1. The molecule has 1 heterocycles. The van der Waals surface area contributed by atoms with Crippen molar-refractivity contribution in [2.45, 2.75) is 26.7 Å². The second-order valence-electron chi connectivity index (χ2n) is 6.20. The number of benzene rings is 2. The Kier molecular flexibility index (Phi) is 6.04. The van der Waals surface area contributed by atoms with Gasteiger partial charge in [0.05, 0.1) is 26.0 Å². The van der Waals surface area contributed by atoms with E-state index >= 15 is 0 Å². The van der Waals surface area contributed by atoms with Gasteiger partial charge in [0.15, 0.2) is 0 Å². The lowest BCUT2D eigenvalue weighted by atomic mass is 10.0. The summed E-state index contributed by atoms with van der Waals surface area (Å²) in [4.78, 5) is 0. The van der Waals surface area contributed by atoms with E-state index in [1.165, 1.54) is 0 Å². The van der Waals surface area contributed by atoms with E-state index in [4.69, 9.17) is 9.47 Å². The van der Waals surface area contributed by atoms with Gasteiger partial charge in [0.1, 0.15) is 12.4 Å². The first-order chi connectivity index (χ1) is 12.7. The van der Waals surface area contributed by atoms with E-state index in [0.29, 0.717) is 19.8 Å². The molecule has 0 saturated carbocycles. The van der Waals surface area contributed by atoms with Gasteiger partial charge in [-0.2, -0.15) is 5.10 Å². The van der Waals surface area contributed by atoms with Crippen LogP contribution in [-0.4, -0.2) is 28.6 Å². The number of ether oxygens (including phenoxy) is 2. The number of hydrogen-bond donors (Lipinski definition) is 1. The molecule has 3 rings (SSSR count). The van der Waals surface area contributed by atoms with Gasteiger partial charge in [-0.3, -0.25) is 4.68 Å². The van der Waals surface area contributed by atoms with Gasteiger partial charge in [0.2, 0.25) is 0 Å². The molecule has 5 nitrogen and oxygen atoms in total. The maximum Gasteiger partial charge on any atom is 0.128 e. The molecule has 2 aromatic carbocycles. The van der Waals surface area contributed by atoms with E-state index in [1.54, 1.807) is 7.11 Å². The molecule has 136 valence electrons. The van der Waals surface area contributed by atoms with Crippen LogP contribution in [0.1, 0.15) is 16.7 Å². The molecule has 26 heavy (non-hydrogen) atoms. The number of aryl methyl sites for hydroxylation is 1. The van der Waals surface area contributed by atoms with Crippen molar-refractivity contribution in [3.05, 3.63) is 71.5 Å². The molecule has 3 aromatic rings. The van der Waals surface area contributed by atoms with Crippen molar-refractivity contribution >= 4 is 0 Å². The molecule has 0 atom stereocenters. The fourth-order valence-corrected chi connectivity index (χ4v) is 2.89. The molecule has 0 radical (unpaired) electrons. The average molecular weight is 352 g/mol. The summed E-state index contributed by atoms with van der Waals surface area (Å²) in [5.41, 5.74) is 4.89. The molecule has 0 bridgehead atoms. The van der Waals surface area contributed by atoms with Crippen molar-refractivity contribution in [3.8, 4) is 16.9 Å². The first-order valence-corrected chi connectivity index (χ1v) is 8.64. The van der Waals surface area contributed by atoms with Crippen LogP contribution in [0.2, 0.25) is 0 Å². The van der Waals surface area contributed by atoms with Crippen LogP contribution >= 0.6 is 0 Å². The van der Waals surface area contributed by atoms with Gasteiger partial charge in [-0.05, 0) is 35.7 Å². The maximum atomic E-state index is 9.82. The number of aliphatic hydroxyl groups is 1. The minimum Gasteiger partial charge on any atom is -0.488 e. The topological polar surface area (TPSA) is 56.5 Å². The van der Waals surface area contributed by atoms with Crippen molar-refractivity contribution < 1.29 is 14.6 Å². The summed E-state index contributed by atoms with van der Waals surface area (Å²) in [6, 6.07) is 14.0. The third-order valence-corrected chi connectivity index (χ3v) is 4.24. The summed E-state index contributed by atoms with van der Waals surface area (Å²) >= 11 is 0. The molecule has 0 spiro atoms. The molecule has 0 unspecified atom stereocenters. The van der Waals surface area contributed by atoms with E-state index in [9.17, 15) is 5.11 Å².